The van der Waals surface area contributed by atoms with Crippen molar-refractivity contribution in [2.24, 2.45) is 10.8 Å². The van der Waals surface area contributed by atoms with Crippen molar-refractivity contribution in [2.45, 2.75) is 47.2 Å². The van der Waals surface area contributed by atoms with E-state index < -0.39 is 0 Å². The van der Waals surface area contributed by atoms with Crippen molar-refractivity contribution in [1.82, 2.24) is 5.32 Å². The lowest BCUT2D eigenvalue weighted by molar-refractivity contribution is 0.339. The first-order valence-corrected chi connectivity index (χ1v) is 6.84. The van der Waals surface area contributed by atoms with Gasteiger partial charge in [0.1, 0.15) is 5.75 Å². The highest BCUT2D eigenvalue weighted by Crippen LogP contribution is 2.62. The third kappa shape index (κ3) is 2.26. The van der Waals surface area contributed by atoms with Gasteiger partial charge in [0.15, 0.2) is 0 Å². The van der Waals surface area contributed by atoms with Gasteiger partial charge in [0, 0.05) is 12.6 Å². The number of ether oxygens (including phenoxy) is 1. The predicted molar refractivity (Wildman–Crippen MR) is 75.8 cm³/mol. The molecule has 0 unspecified atom stereocenters. The Labute approximate surface area is 111 Å². The zero-order valence-corrected chi connectivity index (χ0v) is 12.2. The fourth-order valence-corrected chi connectivity index (χ4v) is 2.84. The van der Waals surface area contributed by atoms with Crippen molar-refractivity contribution in [3.63, 3.8) is 0 Å². The van der Waals surface area contributed by atoms with Gasteiger partial charge in [-0.15, -0.1) is 0 Å². The molecule has 0 aliphatic heterocycles. The van der Waals surface area contributed by atoms with Crippen LogP contribution in [0.2, 0.25) is 0 Å². The molecular weight excluding hydrogens is 222 g/mol. The second kappa shape index (κ2) is 4.58. The minimum atomic E-state index is 0.393. The van der Waals surface area contributed by atoms with E-state index >= 15 is 0 Å². The molecule has 1 N–H and O–H groups in total. The summed E-state index contributed by atoms with van der Waals surface area (Å²) in [6.45, 7) is 13.0. The van der Waals surface area contributed by atoms with Crippen LogP contribution in [0.15, 0.2) is 24.3 Å². The first kappa shape index (κ1) is 13.4. The molecule has 0 spiro atoms. The highest BCUT2D eigenvalue weighted by atomic mass is 16.5. The topological polar surface area (TPSA) is 21.3 Å². The zero-order chi connectivity index (χ0) is 13.4. The van der Waals surface area contributed by atoms with Crippen molar-refractivity contribution in [3.05, 3.63) is 29.8 Å². The monoisotopic (exact) mass is 247 g/mol. The molecule has 1 saturated carbocycles. The van der Waals surface area contributed by atoms with Crippen LogP contribution >= 0.6 is 0 Å². The lowest BCUT2D eigenvalue weighted by atomic mass is 10.0. The molecule has 1 aromatic carbocycles. The van der Waals surface area contributed by atoms with Crippen LogP contribution in [0.1, 0.15) is 40.2 Å². The van der Waals surface area contributed by atoms with E-state index in [-0.39, 0.29) is 0 Å². The molecule has 1 aliphatic rings. The summed E-state index contributed by atoms with van der Waals surface area (Å²) in [6, 6.07) is 8.95. The molecular formula is C16H25NO. The third-order valence-electron chi connectivity index (χ3n) is 4.74. The molecule has 0 amide bonds. The Hall–Kier alpha value is -1.02. The average molecular weight is 247 g/mol. The molecule has 1 aromatic rings. The van der Waals surface area contributed by atoms with Crippen molar-refractivity contribution in [2.75, 3.05) is 6.61 Å². The van der Waals surface area contributed by atoms with Gasteiger partial charge in [-0.2, -0.15) is 0 Å². The summed E-state index contributed by atoms with van der Waals surface area (Å²) in [5.41, 5.74) is 2.08. The van der Waals surface area contributed by atoms with Gasteiger partial charge in [-0.05, 0) is 35.4 Å². The summed E-state index contributed by atoms with van der Waals surface area (Å²) in [5, 5.41) is 3.67. The second-order valence-electron chi connectivity index (χ2n) is 6.34. The maximum absolute atomic E-state index is 5.52. The maximum Gasteiger partial charge on any atom is 0.119 e. The van der Waals surface area contributed by atoms with Gasteiger partial charge in [-0.3, -0.25) is 0 Å². The van der Waals surface area contributed by atoms with E-state index in [4.69, 9.17) is 4.74 Å². The largest absolute Gasteiger partial charge is 0.494 e. The van der Waals surface area contributed by atoms with E-state index in [0.717, 1.165) is 18.9 Å². The SMILES string of the molecule is CCOc1cccc(CNC2C(C)(C)C2(C)C)c1. The van der Waals surface area contributed by atoms with Gasteiger partial charge in [0.2, 0.25) is 0 Å². The van der Waals surface area contributed by atoms with Crippen LogP contribution in [0.25, 0.3) is 0 Å². The fourth-order valence-electron chi connectivity index (χ4n) is 2.84. The Kier molecular flexibility index (Phi) is 3.41. The van der Waals surface area contributed by atoms with Crippen LogP contribution in [0.5, 0.6) is 5.75 Å². The standard InChI is InChI=1S/C16H25NO/c1-6-18-13-9-7-8-12(10-13)11-17-14-15(2,3)16(14,4)5/h7-10,14,17H,6,11H2,1-5H3. The van der Waals surface area contributed by atoms with E-state index in [9.17, 15) is 0 Å². The Bertz CT molecular complexity index is 409. The molecule has 1 aliphatic carbocycles. The van der Waals surface area contributed by atoms with E-state index in [1.165, 1.54) is 5.56 Å². The third-order valence-corrected chi connectivity index (χ3v) is 4.74. The normalized spacial score (nSPS) is 20.7. The fraction of sp³-hybridized carbons (Fsp3) is 0.625. The van der Waals surface area contributed by atoms with E-state index in [1.807, 2.05) is 13.0 Å². The van der Waals surface area contributed by atoms with E-state index in [2.05, 4.69) is 51.2 Å². The summed E-state index contributed by atoms with van der Waals surface area (Å²) in [5.74, 6) is 0.964. The molecule has 0 heterocycles. The molecule has 100 valence electrons. The molecule has 0 atom stereocenters. The van der Waals surface area contributed by atoms with Gasteiger partial charge >= 0.3 is 0 Å². The van der Waals surface area contributed by atoms with Crippen LogP contribution in [0, 0.1) is 10.8 Å². The van der Waals surface area contributed by atoms with Crippen molar-refractivity contribution in [1.29, 1.82) is 0 Å². The van der Waals surface area contributed by atoms with Gasteiger partial charge < -0.3 is 10.1 Å². The molecule has 0 saturated heterocycles. The molecule has 0 radical (unpaired) electrons. The first-order valence-electron chi connectivity index (χ1n) is 6.84. The first-order chi connectivity index (χ1) is 8.39. The lowest BCUT2D eigenvalue weighted by Gasteiger charge is -2.08. The Morgan fingerprint density at radius 1 is 1.17 bits per heavy atom. The highest BCUT2D eigenvalue weighted by molar-refractivity contribution is 5.29. The molecule has 1 fully saturated rings. The number of hydrogen-bond donors (Lipinski definition) is 1. The highest BCUT2D eigenvalue weighted by Gasteiger charge is 2.64. The summed E-state index contributed by atoms with van der Waals surface area (Å²) in [4.78, 5) is 0. The Balaban J connectivity index is 1.94. The van der Waals surface area contributed by atoms with E-state index in [0.29, 0.717) is 16.9 Å². The summed E-state index contributed by atoms with van der Waals surface area (Å²) in [6.07, 6.45) is 0. The number of hydrogen-bond acceptors (Lipinski definition) is 2. The summed E-state index contributed by atoms with van der Waals surface area (Å²) < 4.78 is 5.52. The smallest absolute Gasteiger partial charge is 0.119 e. The van der Waals surface area contributed by atoms with Crippen molar-refractivity contribution >= 4 is 0 Å². The van der Waals surface area contributed by atoms with Crippen LogP contribution in [0.4, 0.5) is 0 Å². The Morgan fingerprint density at radius 3 is 2.39 bits per heavy atom. The van der Waals surface area contributed by atoms with Gasteiger partial charge in [0.05, 0.1) is 6.61 Å². The molecule has 18 heavy (non-hydrogen) atoms. The van der Waals surface area contributed by atoms with Crippen LogP contribution in [0.3, 0.4) is 0 Å². The molecule has 0 bridgehead atoms. The summed E-state index contributed by atoms with van der Waals surface area (Å²) >= 11 is 0. The minimum Gasteiger partial charge on any atom is -0.494 e. The molecule has 2 heteroatoms. The quantitative estimate of drug-likeness (QED) is 0.858. The second-order valence-corrected chi connectivity index (χ2v) is 6.34. The van der Waals surface area contributed by atoms with Gasteiger partial charge in [-0.1, -0.05) is 39.8 Å². The van der Waals surface area contributed by atoms with Crippen LogP contribution in [-0.4, -0.2) is 12.6 Å². The van der Waals surface area contributed by atoms with Gasteiger partial charge in [0.25, 0.3) is 0 Å². The van der Waals surface area contributed by atoms with Crippen molar-refractivity contribution in [3.8, 4) is 5.75 Å². The number of benzene rings is 1. The Morgan fingerprint density at radius 2 is 1.83 bits per heavy atom. The maximum atomic E-state index is 5.52. The van der Waals surface area contributed by atoms with Crippen LogP contribution < -0.4 is 10.1 Å². The zero-order valence-electron chi connectivity index (χ0n) is 12.2. The van der Waals surface area contributed by atoms with E-state index in [1.54, 1.807) is 0 Å². The van der Waals surface area contributed by atoms with Crippen LogP contribution in [-0.2, 0) is 6.54 Å². The number of rotatable bonds is 5. The molecule has 2 nitrogen and oxygen atoms in total. The molecule has 0 aromatic heterocycles. The lowest BCUT2D eigenvalue weighted by Crippen LogP contribution is -2.21. The van der Waals surface area contributed by atoms with Gasteiger partial charge in [-0.25, -0.2) is 0 Å². The predicted octanol–water partition coefficient (Wildman–Crippen LogP) is 3.61. The minimum absolute atomic E-state index is 0.393. The average Bonchev–Trinajstić information content (AvgIpc) is 2.68. The summed E-state index contributed by atoms with van der Waals surface area (Å²) in [7, 11) is 0. The van der Waals surface area contributed by atoms with Crippen molar-refractivity contribution < 1.29 is 4.74 Å². The molecule has 2 rings (SSSR count). The number of nitrogens with one attached hydrogen (secondary N) is 1.